The van der Waals surface area contributed by atoms with Crippen LogP contribution in [0.1, 0.15) is 32.3 Å². The fourth-order valence-corrected chi connectivity index (χ4v) is 5.23. The van der Waals surface area contributed by atoms with Crippen molar-refractivity contribution >= 4 is 22.5 Å². The van der Waals surface area contributed by atoms with E-state index in [0.717, 1.165) is 33.9 Å². The first-order valence-corrected chi connectivity index (χ1v) is 12.6. The van der Waals surface area contributed by atoms with Crippen molar-refractivity contribution in [1.82, 2.24) is 4.90 Å². The van der Waals surface area contributed by atoms with E-state index in [1.54, 1.807) is 21.3 Å². The fourth-order valence-electron chi connectivity index (χ4n) is 5.23. The molecule has 3 aromatic rings. The molecule has 36 heavy (non-hydrogen) atoms. The zero-order valence-electron chi connectivity index (χ0n) is 21.8. The number of methoxy groups -OCH3 is 3. The van der Waals surface area contributed by atoms with Gasteiger partial charge >= 0.3 is 0 Å². The molecule has 6 heteroatoms. The van der Waals surface area contributed by atoms with E-state index in [-0.39, 0.29) is 23.5 Å². The third-order valence-corrected chi connectivity index (χ3v) is 7.34. The minimum Gasteiger partial charge on any atom is -0.493 e. The first-order chi connectivity index (χ1) is 17.4. The molecule has 1 heterocycles. The van der Waals surface area contributed by atoms with Crippen molar-refractivity contribution in [3.05, 3.63) is 54.1 Å². The summed E-state index contributed by atoms with van der Waals surface area (Å²) in [7, 11) is 4.81. The van der Waals surface area contributed by atoms with E-state index in [9.17, 15) is 9.59 Å². The summed E-state index contributed by atoms with van der Waals surface area (Å²) < 4.78 is 16.4. The number of nitrogens with zero attached hydrogens (tertiary/aromatic N) is 1. The first kappa shape index (κ1) is 25.5. The molecule has 2 atom stereocenters. The molecule has 0 spiro atoms. The van der Waals surface area contributed by atoms with Crippen molar-refractivity contribution < 1.29 is 23.8 Å². The number of hydrogen-bond donors (Lipinski definition) is 0. The van der Waals surface area contributed by atoms with Crippen molar-refractivity contribution in [2.24, 2.45) is 11.8 Å². The highest BCUT2D eigenvalue weighted by atomic mass is 16.5. The highest BCUT2D eigenvalue weighted by Gasteiger charge is 2.37. The van der Waals surface area contributed by atoms with Crippen LogP contribution in [-0.2, 0) is 16.0 Å². The highest BCUT2D eigenvalue weighted by molar-refractivity contribution is 5.90. The Kier molecular flexibility index (Phi) is 7.82. The van der Waals surface area contributed by atoms with E-state index in [2.05, 4.69) is 37.3 Å². The predicted molar refractivity (Wildman–Crippen MR) is 142 cm³/mol. The van der Waals surface area contributed by atoms with Crippen LogP contribution >= 0.6 is 0 Å². The van der Waals surface area contributed by atoms with Crippen molar-refractivity contribution in [2.45, 2.75) is 33.1 Å². The lowest BCUT2D eigenvalue weighted by molar-refractivity contribution is -0.129. The number of likely N-dealkylation sites (tertiary alicyclic amines) is 1. The molecule has 1 aliphatic rings. The number of carbonyl (C=O) groups excluding carboxylic acids is 2. The van der Waals surface area contributed by atoms with Crippen LogP contribution in [0, 0.1) is 11.8 Å². The maximum atomic E-state index is 13.1. The smallest absolute Gasteiger partial charge is 0.227 e. The van der Waals surface area contributed by atoms with Crippen molar-refractivity contribution in [2.75, 3.05) is 34.4 Å². The molecule has 1 aliphatic heterocycles. The Morgan fingerprint density at radius 3 is 2.11 bits per heavy atom. The largest absolute Gasteiger partial charge is 0.493 e. The van der Waals surface area contributed by atoms with Gasteiger partial charge in [0.05, 0.1) is 27.8 Å². The Bertz CT molecular complexity index is 1240. The maximum Gasteiger partial charge on any atom is 0.227 e. The predicted octanol–water partition coefficient (Wildman–Crippen LogP) is 5.54. The van der Waals surface area contributed by atoms with Gasteiger partial charge in [-0.3, -0.25) is 9.59 Å². The third kappa shape index (κ3) is 5.03. The van der Waals surface area contributed by atoms with Gasteiger partial charge in [-0.05, 0) is 51.6 Å². The number of amides is 1. The Hall–Kier alpha value is -3.54. The second-order valence-corrected chi connectivity index (χ2v) is 9.38. The monoisotopic (exact) mass is 489 g/mol. The third-order valence-electron chi connectivity index (χ3n) is 7.34. The van der Waals surface area contributed by atoms with Crippen LogP contribution in [0.2, 0.25) is 0 Å². The molecule has 0 aliphatic carbocycles. The quantitative estimate of drug-likeness (QED) is 0.395. The fraction of sp³-hybridized carbons (Fsp3) is 0.400. The molecule has 1 saturated heterocycles. The molecule has 6 nitrogen and oxygen atoms in total. The van der Waals surface area contributed by atoms with Crippen LogP contribution in [0.5, 0.6) is 17.2 Å². The summed E-state index contributed by atoms with van der Waals surface area (Å²) in [5.41, 5.74) is 2.97. The molecule has 0 aromatic heterocycles. The molecule has 0 radical (unpaired) electrons. The van der Waals surface area contributed by atoms with Crippen LogP contribution in [0.15, 0.2) is 48.5 Å². The van der Waals surface area contributed by atoms with E-state index in [1.165, 1.54) is 0 Å². The van der Waals surface area contributed by atoms with Gasteiger partial charge in [0, 0.05) is 25.4 Å². The molecule has 190 valence electrons. The summed E-state index contributed by atoms with van der Waals surface area (Å²) in [5.74, 6) is 2.39. The number of ketones is 1. The molecular weight excluding hydrogens is 454 g/mol. The number of rotatable bonds is 9. The van der Waals surface area contributed by atoms with Crippen LogP contribution < -0.4 is 14.2 Å². The van der Waals surface area contributed by atoms with Gasteiger partial charge in [0.25, 0.3) is 0 Å². The van der Waals surface area contributed by atoms with E-state index in [1.807, 2.05) is 30.0 Å². The van der Waals surface area contributed by atoms with Crippen LogP contribution in [-0.4, -0.2) is 51.0 Å². The summed E-state index contributed by atoms with van der Waals surface area (Å²) in [6.45, 7) is 5.24. The van der Waals surface area contributed by atoms with Gasteiger partial charge in [-0.25, -0.2) is 0 Å². The Balaban J connectivity index is 1.54. The molecule has 0 saturated carbocycles. The topological polar surface area (TPSA) is 65.1 Å². The van der Waals surface area contributed by atoms with E-state index in [4.69, 9.17) is 14.2 Å². The van der Waals surface area contributed by atoms with Gasteiger partial charge in [0.1, 0.15) is 5.78 Å². The highest BCUT2D eigenvalue weighted by Crippen LogP contribution is 2.41. The van der Waals surface area contributed by atoms with Gasteiger partial charge in [0.15, 0.2) is 11.5 Å². The van der Waals surface area contributed by atoms with Crippen molar-refractivity contribution in [1.29, 1.82) is 0 Å². The molecule has 1 amide bonds. The molecule has 2 unspecified atom stereocenters. The van der Waals surface area contributed by atoms with Crippen molar-refractivity contribution in [3.8, 4) is 28.4 Å². The average Bonchev–Trinajstić information content (AvgIpc) is 3.36. The van der Waals surface area contributed by atoms with Gasteiger partial charge in [0.2, 0.25) is 11.7 Å². The lowest BCUT2D eigenvalue weighted by atomic mass is 9.89. The summed E-state index contributed by atoms with van der Waals surface area (Å²) in [5, 5.41) is 2.15. The van der Waals surface area contributed by atoms with Crippen LogP contribution in [0.25, 0.3) is 21.9 Å². The van der Waals surface area contributed by atoms with Crippen LogP contribution in [0.3, 0.4) is 0 Å². The number of Topliss-reactive ketones (excluding diaryl/α,β-unsaturated/α-hetero) is 1. The normalized spacial score (nSPS) is 17.3. The minimum absolute atomic E-state index is 0.0193. The number of fused-ring (bicyclic) bond motifs is 1. The lowest BCUT2D eigenvalue weighted by Gasteiger charge is -2.17. The number of hydrogen-bond acceptors (Lipinski definition) is 5. The van der Waals surface area contributed by atoms with E-state index in [0.29, 0.717) is 43.2 Å². The van der Waals surface area contributed by atoms with Gasteiger partial charge in [-0.15, -0.1) is 0 Å². The minimum atomic E-state index is -0.0193. The van der Waals surface area contributed by atoms with Crippen molar-refractivity contribution in [3.63, 3.8) is 0 Å². The molecule has 4 rings (SSSR count). The summed E-state index contributed by atoms with van der Waals surface area (Å²) in [6.07, 6.45) is 1.80. The molecule has 0 bridgehead atoms. The summed E-state index contributed by atoms with van der Waals surface area (Å²) >= 11 is 0. The zero-order chi connectivity index (χ0) is 25.8. The first-order valence-electron chi connectivity index (χ1n) is 12.6. The summed E-state index contributed by atoms with van der Waals surface area (Å²) in [6, 6.07) is 16.3. The number of benzene rings is 3. The molecular formula is C30H35NO5. The maximum absolute atomic E-state index is 13.1. The standard InChI is InChI=1S/C30H35NO5/c1-6-20-17-31(18-25(20)26(32)7-2)29(33)13-19-8-9-22-14-23(11-10-21(22)12-19)24-15-27(34-3)30(36-5)28(16-24)35-4/h8-12,14-16,20,25H,6-7,13,17-18H2,1-5H3. The second kappa shape index (κ2) is 11.0. The lowest BCUT2D eigenvalue weighted by Crippen LogP contribution is -2.31. The SMILES string of the molecule is CCC(=O)C1CN(C(=O)Cc2ccc3cc(-c4cc(OC)c(OC)c(OC)c4)ccc3c2)CC1CC. The molecule has 3 aromatic carbocycles. The molecule has 0 N–H and O–H groups in total. The second-order valence-electron chi connectivity index (χ2n) is 9.38. The number of ether oxygens (including phenoxy) is 3. The molecule has 1 fully saturated rings. The summed E-state index contributed by atoms with van der Waals surface area (Å²) in [4.78, 5) is 27.3. The van der Waals surface area contributed by atoms with Crippen LogP contribution in [0.4, 0.5) is 0 Å². The number of carbonyl (C=O) groups is 2. The van der Waals surface area contributed by atoms with Gasteiger partial charge in [-0.1, -0.05) is 50.6 Å². The zero-order valence-corrected chi connectivity index (χ0v) is 21.8. The Morgan fingerprint density at radius 1 is 0.833 bits per heavy atom. The van der Waals surface area contributed by atoms with E-state index >= 15 is 0 Å². The van der Waals surface area contributed by atoms with E-state index < -0.39 is 0 Å². The Labute approximate surface area is 213 Å². The van der Waals surface area contributed by atoms with Gasteiger partial charge in [-0.2, -0.15) is 0 Å². The Morgan fingerprint density at radius 2 is 1.50 bits per heavy atom. The van der Waals surface area contributed by atoms with Gasteiger partial charge < -0.3 is 19.1 Å². The average molecular weight is 490 g/mol.